The van der Waals surface area contributed by atoms with Gasteiger partial charge in [0.05, 0.1) is 12.5 Å². The van der Waals surface area contributed by atoms with Crippen molar-refractivity contribution in [1.29, 1.82) is 5.26 Å². The van der Waals surface area contributed by atoms with Crippen LogP contribution >= 0.6 is 0 Å². The molecule has 1 rings (SSSR count). The van der Waals surface area contributed by atoms with Crippen molar-refractivity contribution in [3.63, 3.8) is 0 Å². The van der Waals surface area contributed by atoms with Crippen molar-refractivity contribution in [1.82, 2.24) is 5.32 Å². The van der Waals surface area contributed by atoms with Gasteiger partial charge >= 0.3 is 0 Å². The molecule has 0 aromatic heterocycles. The van der Waals surface area contributed by atoms with Crippen LogP contribution in [0.15, 0.2) is 24.3 Å². The summed E-state index contributed by atoms with van der Waals surface area (Å²) in [5.41, 5.74) is 1.65. The molecular formula is C13H15FN2. The number of benzene rings is 1. The SMILES string of the molecule is CNCCC=Cc1cc(F)ccc1CC#N. The van der Waals surface area contributed by atoms with Gasteiger partial charge in [0.1, 0.15) is 5.82 Å². The van der Waals surface area contributed by atoms with Crippen molar-refractivity contribution in [2.45, 2.75) is 12.8 Å². The van der Waals surface area contributed by atoms with Crippen LogP contribution in [0.3, 0.4) is 0 Å². The molecule has 0 spiro atoms. The maximum Gasteiger partial charge on any atom is 0.123 e. The van der Waals surface area contributed by atoms with Gasteiger partial charge in [-0.25, -0.2) is 4.39 Å². The Morgan fingerprint density at radius 3 is 3.00 bits per heavy atom. The summed E-state index contributed by atoms with van der Waals surface area (Å²) in [4.78, 5) is 0. The third-order valence-corrected chi connectivity index (χ3v) is 2.24. The van der Waals surface area contributed by atoms with E-state index in [0.29, 0.717) is 6.42 Å². The molecule has 1 aromatic rings. The normalized spacial score (nSPS) is 10.6. The maximum absolute atomic E-state index is 13.0. The van der Waals surface area contributed by atoms with E-state index in [9.17, 15) is 4.39 Å². The lowest BCUT2D eigenvalue weighted by atomic mass is 10.0. The molecule has 0 bridgehead atoms. The van der Waals surface area contributed by atoms with Crippen LogP contribution in [0, 0.1) is 17.1 Å². The molecule has 0 unspecified atom stereocenters. The van der Waals surface area contributed by atoms with E-state index >= 15 is 0 Å². The van der Waals surface area contributed by atoms with E-state index in [1.165, 1.54) is 12.1 Å². The number of hydrogen-bond donors (Lipinski definition) is 1. The van der Waals surface area contributed by atoms with Crippen molar-refractivity contribution in [2.24, 2.45) is 0 Å². The van der Waals surface area contributed by atoms with Gasteiger partial charge in [0.25, 0.3) is 0 Å². The third-order valence-electron chi connectivity index (χ3n) is 2.24. The van der Waals surface area contributed by atoms with Crippen molar-refractivity contribution in [3.05, 3.63) is 41.2 Å². The van der Waals surface area contributed by atoms with E-state index in [1.54, 1.807) is 6.07 Å². The minimum atomic E-state index is -0.269. The Morgan fingerprint density at radius 2 is 2.31 bits per heavy atom. The Balaban J connectivity index is 2.80. The van der Waals surface area contributed by atoms with Crippen LogP contribution in [0.1, 0.15) is 17.5 Å². The topological polar surface area (TPSA) is 35.8 Å². The van der Waals surface area contributed by atoms with E-state index in [1.807, 2.05) is 19.2 Å². The molecule has 0 heterocycles. The van der Waals surface area contributed by atoms with Crippen LogP contribution in [0.4, 0.5) is 4.39 Å². The van der Waals surface area contributed by atoms with E-state index < -0.39 is 0 Å². The van der Waals surface area contributed by atoms with Crippen LogP contribution in [0.2, 0.25) is 0 Å². The highest BCUT2D eigenvalue weighted by Crippen LogP contribution is 2.14. The molecule has 0 atom stereocenters. The lowest BCUT2D eigenvalue weighted by molar-refractivity contribution is 0.627. The van der Waals surface area contributed by atoms with Gasteiger partial charge in [0, 0.05) is 0 Å². The minimum Gasteiger partial charge on any atom is -0.319 e. The molecule has 0 amide bonds. The number of nitrogens with one attached hydrogen (secondary N) is 1. The highest BCUT2D eigenvalue weighted by Gasteiger charge is 2.00. The van der Waals surface area contributed by atoms with E-state index in [0.717, 1.165) is 24.1 Å². The second-order valence-electron chi connectivity index (χ2n) is 3.47. The van der Waals surface area contributed by atoms with Crippen LogP contribution in [0.25, 0.3) is 6.08 Å². The Morgan fingerprint density at radius 1 is 1.50 bits per heavy atom. The fourth-order valence-electron chi connectivity index (χ4n) is 1.41. The summed E-state index contributed by atoms with van der Waals surface area (Å²) in [6.45, 7) is 0.888. The first-order valence-electron chi connectivity index (χ1n) is 5.24. The molecule has 3 heteroatoms. The monoisotopic (exact) mass is 218 g/mol. The van der Waals surface area contributed by atoms with E-state index in [2.05, 4.69) is 11.4 Å². The number of rotatable bonds is 5. The lowest BCUT2D eigenvalue weighted by Crippen LogP contribution is -2.05. The molecule has 2 nitrogen and oxygen atoms in total. The average molecular weight is 218 g/mol. The van der Waals surface area contributed by atoms with Crippen molar-refractivity contribution in [3.8, 4) is 6.07 Å². The maximum atomic E-state index is 13.0. The molecule has 0 aliphatic rings. The largest absolute Gasteiger partial charge is 0.319 e. The molecule has 0 aliphatic carbocycles. The summed E-state index contributed by atoms with van der Waals surface area (Å²) < 4.78 is 13.0. The molecule has 0 saturated heterocycles. The number of nitriles is 1. The second kappa shape index (κ2) is 6.76. The third kappa shape index (κ3) is 3.84. The zero-order valence-electron chi connectivity index (χ0n) is 9.33. The lowest BCUT2D eigenvalue weighted by Gasteiger charge is -2.02. The first kappa shape index (κ1) is 12.4. The standard InChI is InChI=1S/C13H15FN2/c1-16-9-3-2-4-12-10-13(14)6-5-11(12)7-8-15/h2,4-6,10,16H,3,7,9H2,1H3. The van der Waals surface area contributed by atoms with Gasteiger partial charge in [-0.3, -0.25) is 0 Å². The Bertz CT molecular complexity index is 405. The molecule has 84 valence electrons. The summed E-state index contributed by atoms with van der Waals surface area (Å²) in [5.74, 6) is -0.269. The molecule has 0 radical (unpaired) electrons. The highest BCUT2D eigenvalue weighted by atomic mass is 19.1. The molecule has 1 N–H and O–H groups in total. The van der Waals surface area contributed by atoms with Gasteiger partial charge in [0.2, 0.25) is 0 Å². The summed E-state index contributed by atoms with van der Waals surface area (Å²) >= 11 is 0. The first-order valence-corrected chi connectivity index (χ1v) is 5.24. The number of halogens is 1. The smallest absolute Gasteiger partial charge is 0.123 e. The summed E-state index contributed by atoms with van der Waals surface area (Å²) in [5, 5.41) is 11.7. The van der Waals surface area contributed by atoms with Gasteiger partial charge in [-0.2, -0.15) is 5.26 Å². The summed E-state index contributed by atoms with van der Waals surface area (Å²) in [6, 6.07) is 6.59. The molecular weight excluding hydrogens is 203 g/mol. The van der Waals surface area contributed by atoms with Crippen molar-refractivity contribution in [2.75, 3.05) is 13.6 Å². The molecule has 16 heavy (non-hydrogen) atoms. The van der Waals surface area contributed by atoms with Gasteiger partial charge in [-0.05, 0) is 43.3 Å². The fraction of sp³-hybridized carbons (Fsp3) is 0.308. The van der Waals surface area contributed by atoms with Crippen molar-refractivity contribution < 1.29 is 4.39 Å². The predicted molar refractivity (Wildman–Crippen MR) is 63.3 cm³/mol. The quantitative estimate of drug-likeness (QED) is 0.771. The average Bonchev–Trinajstić information content (AvgIpc) is 2.28. The Labute approximate surface area is 95.4 Å². The van der Waals surface area contributed by atoms with E-state index in [4.69, 9.17) is 5.26 Å². The number of nitrogens with zero attached hydrogens (tertiary/aromatic N) is 1. The van der Waals surface area contributed by atoms with Crippen LogP contribution in [0.5, 0.6) is 0 Å². The predicted octanol–water partition coefficient (Wildman–Crippen LogP) is 2.51. The zero-order valence-corrected chi connectivity index (χ0v) is 9.33. The summed E-state index contributed by atoms with van der Waals surface area (Å²) in [6.07, 6.45) is 5.05. The highest BCUT2D eigenvalue weighted by molar-refractivity contribution is 5.54. The van der Waals surface area contributed by atoms with Crippen LogP contribution in [-0.2, 0) is 6.42 Å². The first-order chi connectivity index (χ1) is 7.77. The summed E-state index contributed by atoms with van der Waals surface area (Å²) in [7, 11) is 1.89. The molecule has 0 aliphatic heterocycles. The van der Waals surface area contributed by atoms with E-state index in [-0.39, 0.29) is 5.82 Å². The molecule has 0 fully saturated rings. The van der Waals surface area contributed by atoms with Gasteiger partial charge in [-0.1, -0.05) is 18.2 Å². The van der Waals surface area contributed by atoms with Crippen LogP contribution < -0.4 is 5.32 Å². The molecule has 1 aromatic carbocycles. The van der Waals surface area contributed by atoms with Crippen molar-refractivity contribution >= 4 is 6.08 Å². The molecule has 0 saturated carbocycles. The Kier molecular flexibility index (Phi) is 5.24. The Hall–Kier alpha value is -1.66. The minimum absolute atomic E-state index is 0.269. The zero-order chi connectivity index (χ0) is 11.8. The number of hydrogen-bond acceptors (Lipinski definition) is 2. The van der Waals surface area contributed by atoms with Gasteiger partial charge in [-0.15, -0.1) is 0 Å². The second-order valence-corrected chi connectivity index (χ2v) is 3.47. The van der Waals surface area contributed by atoms with Gasteiger partial charge in [0.15, 0.2) is 0 Å². The van der Waals surface area contributed by atoms with Crippen LogP contribution in [-0.4, -0.2) is 13.6 Å². The van der Waals surface area contributed by atoms with Gasteiger partial charge < -0.3 is 5.32 Å². The fourth-order valence-corrected chi connectivity index (χ4v) is 1.41.